The third kappa shape index (κ3) is 4.58. The quantitative estimate of drug-likeness (QED) is 0.672. The minimum atomic E-state index is 0.538. The monoisotopic (exact) mass is 374 g/mol. The summed E-state index contributed by atoms with van der Waals surface area (Å²) in [6.45, 7) is 3.18. The number of aromatic nitrogens is 4. The Kier molecular flexibility index (Phi) is 5.35. The van der Waals surface area contributed by atoms with Gasteiger partial charge in [0.25, 0.3) is 0 Å². The van der Waals surface area contributed by atoms with Gasteiger partial charge in [-0.3, -0.25) is 9.36 Å². The van der Waals surface area contributed by atoms with E-state index in [1.807, 2.05) is 59.9 Å². The Morgan fingerprint density at radius 2 is 2.12 bits per heavy atom. The van der Waals surface area contributed by atoms with Crippen LogP contribution >= 0.6 is 23.8 Å². The van der Waals surface area contributed by atoms with Crippen LogP contribution in [0.2, 0.25) is 5.02 Å². The van der Waals surface area contributed by atoms with Gasteiger partial charge in [-0.25, -0.2) is 0 Å². The van der Waals surface area contributed by atoms with Gasteiger partial charge in [0.05, 0.1) is 36.4 Å². The average Bonchev–Trinajstić information content (AvgIpc) is 3.13. The zero-order valence-electron chi connectivity index (χ0n) is 14.0. The highest BCUT2D eigenvalue weighted by atomic mass is 35.5. The number of hydrogen-bond donors (Lipinski definition) is 2. The molecular formula is C17H19ClN6S. The van der Waals surface area contributed by atoms with Gasteiger partial charge in [0.1, 0.15) is 0 Å². The summed E-state index contributed by atoms with van der Waals surface area (Å²) in [6.07, 6.45) is 3.63. The van der Waals surface area contributed by atoms with Crippen LogP contribution in [0.15, 0.2) is 42.7 Å². The maximum atomic E-state index is 6.18. The van der Waals surface area contributed by atoms with Gasteiger partial charge >= 0.3 is 0 Å². The van der Waals surface area contributed by atoms with Gasteiger partial charge in [0.2, 0.25) is 0 Å². The molecular weight excluding hydrogens is 356 g/mol. The number of nitrogens with one attached hydrogen (secondary N) is 2. The zero-order valence-corrected chi connectivity index (χ0v) is 15.6. The third-order valence-electron chi connectivity index (χ3n) is 3.71. The lowest BCUT2D eigenvalue weighted by atomic mass is 10.2. The normalized spacial score (nSPS) is 10.7. The molecule has 0 saturated carbocycles. The Hall–Kier alpha value is -2.38. The molecule has 0 saturated heterocycles. The molecule has 0 aliphatic carbocycles. The summed E-state index contributed by atoms with van der Waals surface area (Å²) in [7, 11) is 1.92. The minimum Gasteiger partial charge on any atom is -0.357 e. The van der Waals surface area contributed by atoms with Crippen molar-refractivity contribution in [2.75, 3.05) is 5.32 Å². The van der Waals surface area contributed by atoms with E-state index in [9.17, 15) is 0 Å². The summed E-state index contributed by atoms with van der Waals surface area (Å²) < 4.78 is 3.66. The maximum absolute atomic E-state index is 6.18. The standard InChI is InChI=1S/C17H19ClN6S/c1-12-7-15(23(2)22-12)9-19-17(25)21-14-8-20-24(11-14)10-13-5-3-4-6-16(13)18/h3-8,11H,9-10H2,1-2H3,(H2,19,21,25). The van der Waals surface area contributed by atoms with Crippen molar-refractivity contribution in [3.05, 3.63) is 64.7 Å². The Labute approximate surface area is 156 Å². The van der Waals surface area contributed by atoms with Gasteiger partial charge in [0.15, 0.2) is 5.11 Å². The Morgan fingerprint density at radius 1 is 1.32 bits per heavy atom. The molecule has 2 aromatic heterocycles. The number of thiocarbonyl (C=S) groups is 1. The van der Waals surface area contributed by atoms with Crippen LogP contribution in [0.4, 0.5) is 5.69 Å². The van der Waals surface area contributed by atoms with Gasteiger partial charge in [-0.2, -0.15) is 10.2 Å². The van der Waals surface area contributed by atoms with Crippen molar-refractivity contribution in [3.63, 3.8) is 0 Å². The lowest BCUT2D eigenvalue weighted by Gasteiger charge is -2.09. The van der Waals surface area contributed by atoms with E-state index in [-0.39, 0.29) is 0 Å². The predicted octanol–water partition coefficient (Wildman–Crippen LogP) is 3.11. The molecule has 130 valence electrons. The molecule has 1 aromatic carbocycles. The summed E-state index contributed by atoms with van der Waals surface area (Å²) in [6, 6.07) is 9.76. The smallest absolute Gasteiger partial charge is 0.171 e. The molecule has 3 aromatic rings. The van der Waals surface area contributed by atoms with Gasteiger partial charge in [0, 0.05) is 18.3 Å². The Morgan fingerprint density at radius 3 is 2.84 bits per heavy atom. The fraction of sp³-hybridized carbons (Fsp3) is 0.235. The SMILES string of the molecule is Cc1cc(CNC(=S)Nc2cnn(Cc3ccccc3Cl)c2)n(C)n1. The first-order chi connectivity index (χ1) is 12.0. The number of aryl methyl sites for hydroxylation is 2. The van der Waals surface area contributed by atoms with E-state index in [1.54, 1.807) is 6.20 Å². The van der Waals surface area contributed by atoms with E-state index in [4.69, 9.17) is 23.8 Å². The second-order valence-corrected chi connectivity index (χ2v) is 6.54. The first kappa shape index (κ1) is 17.4. The van der Waals surface area contributed by atoms with Crippen molar-refractivity contribution < 1.29 is 0 Å². The van der Waals surface area contributed by atoms with Crippen molar-refractivity contribution >= 4 is 34.6 Å². The molecule has 0 amide bonds. The second-order valence-electron chi connectivity index (χ2n) is 5.73. The van der Waals surface area contributed by atoms with Crippen LogP contribution in [0.3, 0.4) is 0 Å². The Balaban J connectivity index is 1.55. The second kappa shape index (κ2) is 7.67. The van der Waals surface area contributed by atoms with Crippen molar-refractivity contribution in [1.29, 1.82) is 0 Å². The molecule has 25 heavy (non-hydrogen) atoms. The molecule has 2 N–H and O–H groups in total. The van der Waals surface area contributed by atoms with Crippen LogP contribution in [0.25, 0.3) is 0 Å². The summed E-state index contributed by atoms with van der Waals surface area (Å²) in [5.74, 6) is 0. The number of halogens is 1. The topological polar surface area (TPSA) is 59.7 Å². The highest BCUT2D eigenvalue weighted by Crippen LogP contribution is 2.16. The van der Waals surface area contributed by atoms with Gasteiger partial charge in [-0.15, -0.1) is 0 Å². The molecule has 0 bridgehead atoms. The lowest BCUT2D eigenvalue weighted by Crippen LogP contribution is -2.28. The van der Waals surface area contributed by atoms with E-state index in [2.05, 4.69) is 20.8 Å². The zero-order chi connectivity index (χ0) is 17.8. The highest BCUT2D eigenvalue weighted by Gasteiger charge is 2.06. The molecule has 0 atom stereocenters. The van der Waals surface area contributed by atoms with Gasteiger partial charge in [-0.05, 0) is 36.8 Å². The summed E-state index contributed by atoms with van der Waals surface area (Å²) in [5, 5.41) is 16.2. The molecule has 8 heteroatoms. The van der Waals surface area contributed by atoms with Gasteiger partial charge in [-0.1, -0.05) is 29.8 Å². The molecule has 2 heterocycles. The number of nitrogens with zero attached hydrogens (tertiary/aromatic N) is 4. The fourth-order valence-electron chi connectivity index (χ4n) is 2.49. The van der Waals surface area contributed by atoms with E-state index < -0.39 is 0 Å². The molecule has 0 spiro atoms. The summed E-state index contributed by atoms with van der Waals surface area (Å²) in [5.41, 5.74) is 3.90. The van der Waals surface area contributed by atoms with E-state index >= 15 is 0 Å². The Bertz CT molecular complexity index is 885. The summed E-state index contributed by atoms with van der Waals surface area (Å²) >= 11 is 11.5. The minimum absolute atomic E-state index is 0.538. The molecule has 0 radical (unpaired) electrons. The largest absolute Gasteiger partial charge is 0.357 e. The van der Waals surface area contributed by atoms with Gasteiger partial charge < -0.3 is 10.6 Å². The van der Waals surface area contributed by atoms with E-state index in [0.29, 0.717) is 18.2 Å². The molecule has 0 fully saturated rings. The number of rotatable bonds is 5. The van der Waals surface area contributed by atoms with Crippen molar-refractivity contribution in [3.8, 4) is 0 Å². The maximum Gasteiger partial charge on any atom is 0.171 e. The molecule has 6 nitrogen and oxygen atoms in total. The molecule has 0 aliphatic heterocycles. The van der Waals surface area contributed by atoms with Crippen molar-refractivity contribution in [1.82, 2.24) is 24.9 Å². The number of hydrogen-bond acceptors (Lipinski definition) is 3. The van der Waals surface area contributed by atoms with Crippen LogP contribution in [-0.2, 0) is 20.1 Å². The first-order valence-electron chi connectivity index (χ1n) is 7.81. The van der Waals surface area contributed by atoms with Crippen LogP contribution in [-0.4, -0.2) is 24.7 Å². The number of anilines is 1. The fourth-order valence-corrected chi connectivity index (χ4v) is 2.88. The van der Waals surface area contributed by atoms with Crippen LogP contribution in [0, 0.1) is 6.92 Å². The molecule has 0 aliphatic rings. The molecule has 3 rings (SSSR count). The lowest BCUT2D eigenvalue weighted by molar-refractivity contribution is 0.687. The van der Waals surface area contributed by atoms with Crippen LogP contribution in [0.5, 0.6) is 0 Å². The van der Waals surface area contributed by atoms with E-state index in [0.717, 1.165) is 27.7 Å². The average molecular weight is 375 g/mol. The number of benzene rings is 1. The predicted molar refractivity (Wildman–Crippen MR) is 104 cm³/mol. The van der Waals surface area contributed by atoms with Crippen LogP contribution < -0.4 is 10.6 Å². The van der Waals surface area contributed by atoms with Crippen LogP contribution in [0.1, 0.15) is 17.0 Å². The van der Waals surface area contributed by atoms with E-state index in [1.165, 1.54) is 0 Å². The molecule has 0 unspecified atom stereocenters. The summed E-state index contributed by atoms with van der Waals surface area (Å²) in [4.78, 5) is 0. The van der Waals surface area contributed by atoms with Crippen molar-refractivity contribution in [2.24, 2.45) is 7.05 Å². The van der Waals surface area contributed by atoms with Crippen molar-refractivity contribution in [2.45, 2.75) is 20.0 Å². The first-order valence-corrected chi connectivity index (χ1v) is 8.60. The third-order valence-corrected chi connectivity index (χ3v) is 4.33. The highest BCUT2D eigenvalue weighted by molar-refractivity contribution is 7.80.